The van der Waals surface area contributed by atoms with Crippen LogP contribution in [0.1, 0.15) is 27.9 Å². The van der Waals surface area contributed by atoms with Gasteiger partial charge in [0.25, 0.3) is 5.91 Å². The van der Waals surface area contributed by atoms with Crippen molar-refractivity contribution in [2.45, 2.75) is 24.8 Å². The predicted octanol–water partition coefficient (Wildman–Crippen LogP) is 3.28. The summed E-state index contributed by atoms with van der Waals surface area (Å²) >= 11 is 1.59. The summed E-state index contributed by atoms with van der Waals surface area (Å²) in [6.45, 7) is 4.77. The number of aromatic nitrogens is 1. The van der Waals surface area contributed by atoms with E-state index in [9.17, 15) is 13.2 Å². The maximum atomic E-state index is 13.3. The molecule has 4 rings (SSSR count). The van der Waals surface area contributed by atoms with Gasteiger partial charge in [-0.05, 0) is 36.6 Å². The molecule has 1 aromatic heterocycles. The average Bonchev–Trinajstić information content (AvgIpc) is 3.23. The highest BCUT2D eigenvalue weighted by Crippen LogP contribution is 2.22. The molecule has 0 radical (unpaired) electrons. The fraction of sp³-hybridized carbons (Fsp3) is 0.304. The molecule has 7 nitrogen and oxygen atoms in total. The van der Waals surface area contributed by atoms with E-state index in [0.717, 1.165) is 29.2 Å². The third-order valence-corrected chi connectivity index (χ3v) is 7.76. The number of sulfonamides is 1. The van der Waals surface area contributed by atoms with Gasteiger partial charge in [0.1, 0.15) is 0 Å². The molecular weight excluding hydrogens is 444 g/mol. The first-order chi connectivity index (χ1) is 15.4. The summed E-state index contributed by atoms with van der Waals surface area (Å²) in [6.07, 6.45) is 2.62. The summed E-state index contributed by atoms with van der Waals surface area (Å²) < 4.78 is 28.3. The molecule has 32 heavy (non-hydrogen) atoms. The van der Waals surface area contributed by atoms with Crippen LogP contribution in [-0.4, -0.2) is 50.4 Å². The van der Waals surface area contributed by atoms with Gasteiger partial charge in [-0.15, -0.1) is 11.3 Å². The Morgan fingerprint density at radius 1 is 1.09 bits per heavy atom. The number of hydrogen-bond donors (Lipinski definition) is 1. The molecule has 2 heterocycles. The minimum atomic E-state index is -3.74. The van der Waals surface area contributed by atoms with Gasteiger partial charge in [0.15, 0.2) is 5.13 Å². The SMILES string of the molecule is Cc1ccc(S(=O)(=O)NCc2ccccc2)cc1C(=O)N1CCCN(c2nccs2)CC1. The Kier molecular flexibility index (Phi) is 6.88. The molecule has 0 bridgehead atoms. The van der Waals surface area contributed by atoms with Crippen LogP contribution in [0.2, 0.25) is 0 Å². The molecule has 0 saturated carbocycles. The van der Waals surface area contributed by atoms with Gasteiger partial charge < -0.3 is 9.80 Å². The molecular formula is C23H26N4O3S2. The molecule has 2 aromatic carbocycles. The van der Waals surface area contributed by atoms with Crippen molar-refractivity contribution < 1.29 is 13.2 Å². The lowest BCUT2D eigenvalue weighted by molar-refractivity contribution is 0.0766. The van der Waals surface area contributed by atoms with E-state index in [1.54, 1.807) is 29.7 Å². The first kappa shape index (κ1) is 22.4. The highest BCUT2D eigenvalue weighted by atomic mass is 32.2. The van der Waals surface area contributed by atoms with Gasteiger partial charge in [-0.3, -0.25) is 4.79 Å². The van der Waals surface area contributed by atoms with Crippen LogP contribution in [0.4, 0.5) is 5.13 Å². The fourth-order valence-electron chi connectivity index (χ4n) is 3.71. The van der Waals surface area contributed by atoms with E-state index in [-0.39, 0.29) is 17.3 Å². The molecule has 0 spiro atoms. The lowest BCUT2D eigenvalue weighted by atomic mass is 10.1. The van der Waals surface area contributed by atoms with E-state index in [0.29, 0.717) is 25.2 Å². The molecule has 1 saturated heterocycles. The number of amides is 1. The van der Waals surface area contributed by atoms with Crippen LogP contribution in [0.5, 0.6) is 0 Å². The summed E-state index contributed by atoms with van der Waals surface area (Å²) in [5.41, 5.74) is 2.06. The smallest absolute Gasteiger partial charge is 0.254 e. The molecule has 1 aliphatic rings. The third-order valence-electron chi connectivity index (χ3n) is 5.53. The van der Waals surface area contributed by atoms with E-state index < -0.39 is 10.0 Å². The highest BCUT2D eigenvalue weighted by Gasteiger charge is 2.24. The van der Waals surface area contributed by atoms with Crippen molar-refractivity contribution >= 4 is 32.4 Å². The molecule has 9 heteroatoms. The van der Waals surface area contributed by atoms with E-state index in [1.165, 1.54) is 6.07 Å². The van der Waals surface area contributed by atoms with Crippen LogP contribution in [0.15, 0.2) is 65.0 Å². The predicted molar refractivity (Wildman–Crippen MR) is 126 cm³/mol. The van der Waals surface area contributed by atoms with Gasteiger partial charge in [-0.1, -0.05) is 36.4 Å². The Hall–Kier alpha value is -2.75. The third kappa shape index (κ3) is 5.17. The zero-order valence-electron chi connectivity index (χ0n) is 17.9. The van der Waals surface area contributed by atoms with Crippen LogP contribution < -0.4 is 9.62 Å². The second-order valence-corrected chi connectivity index (χ2v) is 10.4. The second kappa shape index (κ2) is 9.81. The number of benzene rings is 2. The lowest BCUT2D eigenvalue weighted by Gasteiger charge is -2.22. The van der Waals surface area contributed by atoms with Gasteiger partial charge in [0.05, 0.1) is 4.90 Å². The summed E-state index contributed by atoms with van der Waals surface area (Å²) in [5, 5.41) is 2.91. The Morgan fingerprint density at radius 3 is 2.66 bits per heavy atom. The Labute approximate surface area is 192 Å². The quantitative estimate of drug-likeness (QED) is 0.598. The largest absolute Gasteiger partial charge is 0.346 e. The summed E-state index contributed by atoms with van der Waals surface area (Å²) in [4.78, 5) is 21.8. The molecule has 0 unspecified atom stereocenters. The van der Waals surface area contributed by atoms with Crippen molar-refractivity contribution in [3.8, 4) is 0 Å². The van der Waals surface area contributed by atoms with Gasteiger partial charge >= 0.3 is 0 Å². The van der Waals surface area contributed by atoms with Crippen LogP contribution in [-0.2, 0) is 16.6 Å². The molecule has 1 N–H and O–H groups in total. The molecule has 3 aromatic rings. The number of hydrogen-bond acceptors (Lipinski definition) is 6. The minimum Gasteiger partial charge on any atom is -0.346 e. The number of aryl methyl sites for hydroxylation is 1. The molecule has 0 atom stereocenters. The van der Waals surface area contributed by atoms with E-state index in [2.05, 4.69) is 14.6 Å². The van der Waals surface area contributed by atoms with Crippen molar-refractivity contribution in [1.82, 2.24) is 14.6 Å². The number of nitrogens with one attached hydrogen (secondary N) is 1. The fourth-order valence-corrected chi connectivity index (χ4v) is 5.45. The topological polar surface area (TPSA) is 82.6 Å². The standard InChI is InChI=1S/C23H26N4O3S2/c1-18-8-9-20(32(29,30)25-17-19-6-3-2-4-7-19)16-21(18)22(28)26-11-5-12-27(14-13-26)23-24-10-15-31-23/h2-4,6-10,15-16,25H,5,11-14,17H2,1H3. The van der Waals surface area contributed by atoms with Crippen molar-refractivity contribution in [2.75, 3.05) is 31.1 Å². The monoisotopic (exact) mass is 470 g/mol. The average molecular weight is 471 g/mol. The summed E-state index contributed by atoms with van der Waals surface area (Å²) in [6, 6.07) is 14.1. The van der Waals surface area contributed by atoms with Crippen LogP contribution in [0.25, 0.3) is 0 Å². The zero-order chi connectivity index (χ0) is 22.6. The number of thiazole rings is 1. The van der Waals surface area contributed by atoms with E-state index in [4.69, 9.17) is 0 Å². The zero-order valence-corrected chi connectivity index (χ0v) is 19.5. The van der Waals surface area contributed by atoms with Crippen LogP contribution in [0.3, 0.4) is 0 Å². The van der Waals surface area contributed by atoms with Crippen LogP contribution in [0, 0.1) is 6.92 Å². The number of rotatable bonds is 6. The number of carbonyl (C=O) groups excluding carboxylic acids is 1. The molecule has 0 aliphatic carbocycles. The summed E-state index contributed by atoms with van der Waals surface area (Å²) in [5.74, 6) is -0.136. The van der Waals surface area contributed by atoms with E-state index >= 15 is 0 Å². The van der Waals surface area contributed by atoms with Crippen LogP contribution >= 0.6 is 11.3 Å². The highest BCUT2D eigenvalue weighted by molar-refractivity contribution is 7.89. The van der Waals surface area contributed by atoms with Crippen molar-refractivity contribution in [1.29, 1.82) is 0 Å². The van der Waals surface area contributed by atoms with Crippen molar-refractivity contribution in [3.05, 3.63) is 76.8 Å². The van der Waals surface area contributed by atoms with Gasteiger partial charge in [0.2, 0.25) is 10.0 Å². The second-order valence-electron chi connectivity index (χ2n) is 7.73. The maximum absolute atomic E-state index is 13.3. The first-order valence-electron chi connectivity index (χ1n) is 10.5. The minimum absolute atomic E-state index is 0.0987. The lowest BCUT2D eigenvalue weighted by Crippen LogP contribution is -2.35. The molecule has 1 amide bonds. The molecule has 1 fully saturated rings. The number of carbonyl (C=O) groups is 1. The van der Waals surface area contributed by atoms with Gasteiger partial charge in [-0.2, -0.15) is 0 Å². The Balaban J connectivity index is 1.48. The Morgan fingerprint density at radius 2 is 1.91 bits per heavy atom. The molecule has 168 valence electrons. The Bertz CT molecular complexity index is 1170. The number of nitrogens with zero attached hydrogens (tertiary/aromatic N) is 3. The summed E-state index contributed by atoms with van der Waals surface area (Å²) in [7, 11) is -3.74. The molecule has 1 aliphatic heterocycles. The first-order valence-corrected chi connectivity index (χ1v) is 12.9. The number of anilines is 1. The van der Waals surface area contributed by atoms with E-state index in [1.807, 2.05) is 47.5 Å². The normalized spacial score (nSPS) is 14.9. The van der Waals surface area contributed by atoms with Crippen molar-refractivity contribution in [2.24, 2.45) is 0 Å². The van der Waals surface area contributed by atoms with Gasteiger partial charge in [0, 0.05) is 49.9 Å². The maximum Gasteiger partial charge on any atom is 0.254 e. The van der Waals surface area contributed by atoms with Crippen molar-refractivity contribution in [3.63, 3.8) is 0 Å². The van der Waals surface area contributed by atoms with Gasteiger partial charge in [-0.25, -0.2) is 18.1 Å².